The van der Waals surface area contributed by atoms with Gasteiger partial charge in [0.05, 0.1) is 11.9 Å². The van der Waals surface area contributed by atoms with Gasteiger partial charge in [0.2, 0.25) is 0 Å². The van der Waals surface area contributed by atoms with Crippen molar-refractivity contribution < 1.29 is 18.5 Å². The van der Waals surface area contributed by atoms with Gasteiger partial charge in [-0.2, -0.15) is 0 Å². The fraction of sp³-hybridized carbons (Fsp3) is 0.520. The van der Waals surface area contributed by atoms with Crippen molar-refractivity contribution >= 4 is 16.9 Å². The van der Waals surface area contributed by atoms with Gasteiger partial charge in [-0.1, -0.05) is 24.3 Å². The smallest absolute Gasteiger partial charge is 0.410 e. The summed E-state index contributed by atoms with van der Waals surface area (Å²) in [6, 6.07) is 10.3. The van der Waals surface area contributed by atoms with Gasteiger partial charge in [-0.3, -0.25) is 9.19 Å². The number of carbonyl (C=O) groups is 1. The van der Waals surface area contributed by atoms with Crippen molar-refractivity contribution in [1.82, 2.24) is 9.88 Å². The Labute approximate surface area is 191 Å². The monoisotopic (exact) mass is 454 g/mol. The van der Waals surface area contributed by atoms with Crippen LogP contribution in [0.1, 0.15) is 43.7 Å². The molecular weight excluding hydrogens is 424 g/mol. The molecule has 1 aliphatic carbocycles. The number of rotatable bonds is 5. The Morgan fingerprint density at radius 3 is 2.62 bits per heavy atom. The fourth-order valence-electron chi connectivity index (χ4n) is 4.61. The molecule has 32 heavy (non-hydrogen) atoms. The van der Waals surface area contributed by atoms with E-state index in [0.29, 0.717) is 11.7 Å². The molecule has 5 rings (SSSR count). The molecule has 1 aromatic heterocycles. The van der Waals surface area contributed by atoms with Crippen molar-refractivity contribution in [2.24, 2.45) is 5.92 Å². The Bertz CT molecular complexity index is 1030. The van der Waals surface area contributed by atoms with Crippen molar-refractivity contribution in [1.29, 1.82) is 0 Å². The Kier molecular flexibility index (Phi) is 5.70. The molecule has 170 valence electrons. The van der Waals surface area contributed by atoms with Crippen molar-refractivity contribution in [3.8, 4) is 17.0 Å². The zero-order chi connectivity index (χ0) is 22.3. The largest absolute Gasteiger partial charge is 0.488 e. The van der Waals surface area contributed by atoms with Crippen LogP contribution in [0.4, 0.5) is 4.79 Å². The average Bonchev–Trinajstić information content (AvgIpc) is 3.34. The highest BCUT2D eigenvalue weighted by atomic mass is 32.2. The molecule has 0 spiro atoms. The van der Waals surface area contributed by atoms with Crippen LogP contribution in [-0.4, -0.2) is 51.2 Å². The predicted molar refractivity (Wildman–Crippen MR) is 124 cm³/mol. The molecule has 2 aliphatic heterocycles. The Morgan fingerprint density at radius 2 is 1.97 bits per heavy atom. The van der Waals surface area contributed by atoms with E-state index in [0.717, 1.165) is 67.8 Å². The van der Waals surface area contributed by atoms with Gasteiger partial charge in [0.1, 0.15) is 17.5 Å². The molecule has 2 aromatic rings. The molecule has 1 saturated heterocycles. The molecule has 7 heteroatoms. The summed E-state index contributed by atoms with van der Waals surface area (Å²) in [5, 5.41) is 0. The van der Waals surface area contributed by atoms with E-state index in [1.54, 1.807) is 6.26 Å². The molecule has 2 unspecified atom stereocenters. The van der Waals surface area contributed by atoms with Crippen LogP contribution in [0.5, 0.6) is 5.75 Å². The Hall–Kier alpha value is -2.41. The highest BCUT2D eigenvalue weighted by molar-refractivity contribution is 7.83. The molecule has 0 bridgehead atoms. The van der Waals surface area contributed by atoms with Crippen LogP contribution in [0.2, 0.25) is 0 Å². The predicted octanol–water partition coefficient (Wildman–Crippen LogP) is 4.33. The minimum atomic E-state index is -0.842. The van der Waals surface area contributed by atoms with Crippen LogP contribution >= 0.6 is 0 Å². The van der Waals surface area contributed by atoms with Crippen LogP contribution in [-0.2, 0) is 27.7 Å². The van der Waals surface area contributed by atoms with Crippen molar-refractivity contribution in [2.45, 2.75) is 56.5 Å². The number of amides is 1. The first-order chi connectivity index (χ1) is 15.4. The molecule has 1 aromatic carbocycles. The third kappa shape index (κ3) is 4.68. The van der Waals surface area contributed by atoms with E-state index in [1.165, 1.54) is 5.56 Å². The van der Waals surface area contributed by atoms with Gasteiger partial charge in [-0.05, 0) is 50.2 Å². The Balaban J connectivity index is 1.18. The van der Waals surface area contributed by atoms with E-state index >= 15 is 0 Å². The van der Waals surface area contributed by atoms with Crippen molar-refractivity contribution in [3.05, 3.63) is 47.7 Å². The summed E-state index contributed by atoms with van der Waals surface area (Å²) in [5.74, 6) is 1.88. The number of benzene rings is 1. The van der Waals surface area contributed by atoms with Gasteiger partial charge in [-0.15, -0.1) is 0 Å². The van der Waals surface area contributed by atoms with Crippen molar-refractivity contribution in [3.63, 3.8) is 0 Å². The maximum Gasteiger partial charge on any atom is 0.410 e. The first-order valence-electron chi connectivity index (χ1n) is 11.4. The number of nitrogens with zero attached hydrogens (tertiary/aromatic N) is 2. The zero-order valence-electron chi connectivity index (χ0n) is 18.7. The molecule has 2 atom stereocenters. The third-order valence-electron chi connectivity index (χ3n) is 6.88. The SMILES string of the molecule is CS(=O)Cc1ccc(-c2cc3c(cn2)OC(C2CCN(C(=O)OC4(C)CC4)CC2)C3)cc1. The molecule has 3 aliphatic rings. The summed E-state index contributed by atoms with van der Waals surface area (Å²) in [6.45, 7) is 3.47. The van der Waals surface area contributed by atoms with Crippen LogP contribution in [0.3, 0.4) is 0 Å². The highest BCUT2D eigenvalue weighted by Gasteiger charge is 2.43. The molecule has 3 heterocycles. The van der Waals surface area contributed by atoms with Gasteiger partial charge in [0.15, 0.2) is 0 Å². The minimum absolute atomic E-state index is 0.142. The van der Waals surface area contributed by atoms with Gasteiger partial charge in [0, 0.05) is 53.4 Å². The van der Waals surface area contributed by atoms with E-state index in [4.69, 9.17) is 9.47 Å². The van der Waals surface area contributed by atoms with Crippen LogP contribution in [0.15, 0.2) is 36.5 Å². The second-order valence-corrected chi connectivity index (χ2v) is 11.0. The summed E-state index contributed by atoms with van der Waals surface area (Å²) in [6.07, 6.45) is 8.23. The number of piperidine rings is 1. The number of likely N-dealkylation sites (tertiary alicyclic amines) is 1. The maximum absolute atomic E-state index is 12.4. The van der Waals surface area contributed by atoms with Gasteiger partial charge in [0.25, 0.3) is 0 Å². The highest BCUT2D eigenvalue weighted by Crippen LogP contribution is 2.40. The van der Waals surface area contributed by atoms with Gasteiger partial charge >= 0.3 is 6.09 Å². The molecular formula is C25H30N2O4S. The number of fused-ring (bicyclic) bond motifs is 1. The number of pyridine rings is 1. The molecule has 6 nitrogen and oxygen atoms in total. The summed E-state index contributed by atoms with van der Waals surface area (Å²) < 4.78 is 23.3. The molecule has 0 N–H and O–H groups in total. The second kappa shape index (κ2) is 8.50. The maximum atomic E-state index is 12.4. The molecule has 1 amide bonds. The number of hydrogen-bond donors (Lipinski definition) is 0. The lowest BCUT2D eigenvalue weighted by atomic mass is 9.89. The van der Waals surface area contributed by atoms with E-state index in [9.17, 15) is 9.00 Å². The van der Waals surface area contributed by atoms with E-state index in [1.807, 2.05) is 42.3 Å². The van der Waals surface area contributed by atoms with Crippen LogP contribution in [0, 0.1) is 5.92 Å². The normalized spacial score (nSPS) is 22.7. The van der Waals surface area contributed by atoms with E-state index < -0.39 is 10.8 Å². The number of aromatic nitrogens is 1. The third-order valence-corrected chi connectivity index (χ3v) is 7.62. The lowest BCUT2D eigenvalue weighted by Crippen LogP contribution is -2.43. The van der Waals surface area contributed by atoms with Crippen LogP contribution in [0.25, 0.3) is 11.3 Å². The number of ether oxygens (including phenoxy) is 2. The molecule has 2 fully saturated rings. The Morgan fingerprint density at radius 1 is 1.25 bits per heavy atom. The van der Waals surface area contributed by atoms with Gasteiger partial charge < -0.3 is 14.4 Å². The summed E-state index contributed by atoms with van der Waals surface area (Å²) >= 11 is 0. The topological polar surface area (TPSA) is 68.7 Å². The molecule has 0 radical (unpaired) electrons. The van der Waals surface area contributed by atoms with Crippen molar-refractivity contribution in [2.75, 3.05) is 19.3 Å². The first kappa shape index (κ1) is 21.4. The lowest BCUT2D eigenvalue weighted by molar-refractivity contribution is 0.0379. The number of hydrogen-bond acceptors (Lipinski definition) is 5. The molecule has 1 saturated carbocycles. The first-order valence-corrected chi connectivity index (χ1v) is 13.1. The zero-order valence-corrected chi connectivity index (χ0v) is 19.5. The van der Waals surface area contributed by atoms with Crippen LogP contribution < -0.4 is 4.74 Å². The summed E-state index contributed by atoms with van der Waals surface area (Å²) in [7, 11) is -0.842. The quantitative estimate of drug-likeness (QED) is 0.673. The summed E-state index contributed by atoms with van der Waals surface area (Å²) in [4.78, 5) is 18.8. The minimum Gasteiger partial charge on any atom is -0.488 e. The standard InChI is InChI=1S/C25H30N2O4S/c1-25(9-10-25)31-24(28)27-11-7-19(8-12-27)22-14-20-13-21(26-15-23(20)30-22)18-5-3-17(4-6-18)16-32(2)29/h3-6,13,15,19,22H,7-12,14,16H2,1-2H3. The van der Waals surface area contributed by atoms with E-state index in [-0.39, 0.29) is 17.8 Å². The van der Waals surface area contributed by atoms with Gasteiger partial charge in [-0.25, -0.2) is 4.79 Å². The number of carbonyl (C=O) groups excluding carboxylic acids is 1. The average molecular weight is 455 g/mol. The fourth-order valence-corrected chi connectivity index (χ4v) is 5.27. The lowest BCUT2D eigenvalue weighted by Gasteiger charge is -2.34. The van der Waals surface area contributed by atoms with E-state index in [2.05, 4.69) is 11.1 Å². The summed E-state index contributed by atoms with van der Waals surface area (Å²) in [5.41, 5.74) is 4.04. The second-order valence-electron chi connectivity index (χ2n) is 9.59.